The second-order valence-corrected chi connectivity index (χ2v) is 18.8. The molecular formula is C68H106O6. The average Bonchev–Trinajstić information content (AvgIpc) is 3.40. The van der Waals surface area contributed by atoms with Crippen LogP contribution < -0.4 is 0 Å². The molecule has 0 saturated heterocycles. The minimum atomic E-state index is -0.822. The normalized spacial score (nSPS) is 13.3. The van der Waals surface area contributed by atoms with Gasteiger partial charge in [-0.25, -0.2) is 0 Å². The third-order valence-corrected chi connectivity index (χ3v) is 11.7. The molecule has 0 N–H and O–H groups in total. The topological polar surface area (TPSA) is 78.9 Å². The Morgan fingerprint density at radius 2 is 0.568 bits per heavy atom. The fourth-order valence-corrected chi connectivity index (χ4v) is 7.32. The second kappa shape index (κ2) is 60.6. The summed E-state index contributed by atoms with van der Waals surface area (Å²) in [7, 11) is 0. The molecular weight excluding hydrogens is 913 g/mol. The van der Waals surface area contributed by atoms with Crippen LogP contribution in [-0.2, 0) is 28.6 Å². The summed E-state index contributed by atoms with van der Waals surface area (Å²) in [6.45, 7) is 6.33. The molecule has 0 saturated carbocycles. The van der Waals surface area contributed by atoms with E-state index in [-0.39, 0.29) is 44.0 Å². The van der Waals surface area contributed by atoms with Gasteiger partial charge in [0.05, 0.1) is 0 Å². The minimum Gasteiger partial charge on any atom is -0.462 e. The fraction of sp³-hybridized carbons (Fsp3) is 0.574. The third-order valence-electron chi connectivity index (χ3n) is 11.7. The Bertz CT molecular complexity index is 1690. The summed E-state index contributed by atoms with van der Waals surface area (Å²) in [6, 6.07) is 0. The van der Waals surface area contributed by atoms with Crippen molar-refractivity contribution in [3.8, 4) is 0 Å². The number of rotatable bonds is 51. The highest BCUT2D eigenvalue weighted by Gasteiger charge is 2.19. The zero-order valence-electron chi connectivity index (χ0n) is 47.3. The van der Waals surface area contributed by atoms with Gasteiger partial charge in [0.25, 0.3) is 0 Å². The van der Waals surface area contributed by atoms with Crippen molar-refractivity contribution in [3.63, 3.8) is 0 Å². The van der Waals surface area contributed by atoms with Crippen LogP contribution in [0.5, 0.6) is 0 Å². The zero-order valence-corrected chi connectivity index (χ0v) is 47.3. The van der Waals surface area contributed by atoms with E-state index in [1.807, 2.05) is 0 Å². The first-order chi connectivity index (χ1) is 36.5. The molecule has 0 fully saturated rings. The van der Waals surface area contributed by atoms with Crippen molar-refractivity contribution in [2.45, 2.75) is 239 Å². The minimum absolute atomic E-state index is 0.116. The summed E-state index contributed by atoms with van der Waals surface area (Å²) in [5.74, 6) is -1.01. The smallest absolute Gasteiger partial charge is 0.306 e. The molecule has 0 aliphatic carbocycles. The van der Waals surface area contributed by atoms with Gasteiger partial charge in [0.15, 0.2) is 6.10 Å². The van der Waals surface area contributed by atoms with Gasteiger partial charge in [-0.3, -0.25) is 14.4 Å². The monoisotopic (exact) mass is 1020 g/mol. The van der Waals surface area contributed by atoms with Gasteiger partial charge in [-0.2, -0.15) is 0 Å². The third kappa shape index (κ3) is 57.9. The molecule has 414 valence electrons. The molecule has 0 rings (SSSR count). The number of carbonyl (C=O) groups is 3. The first-order valence-electron chi connectivity index (χ1n) is 29.5. The van der Waals surface area contributed by atoms with Gasteiger partial charge >= 0.3 is 17.9 Å². The quantitative estimate of drug-likeness (QED) is 0.0261. The van der Waals surface area contributed by atoms with Crippen molar-refractivity contribution in [3.05, 3.63) is 158 Å². The lowest BCUT2D eigenvalue weighted by molar-refractivity contribution is -0.167. The lowest BCUT2D eigenvalue weighted by atomic mass is 10.1. The average molecular weight is 1020 g/mol. The van der Waals surface area contributed by atoms with Crippen molar-refractivity contribution in [2.24, 2.45) is 0 Å². The molecule has 6 heteroatoms. The Morgan fingerprint density at radius 3 is 0.932 bits per heavy atom. The van der Waals surface area contributed by atoms with Crippen molar-refractivity contribution < 1.29 is 28.6 Å². The molecule has 6 nitrogen and oxygen atoms in total. The van der Waals surface area contributed by atoms with E-state index in [1.54, 1.807) is 0 Å². The first kappa shape index (κ1) is 69.0. The maximum atomic E-state index is 12.8. The van der Waals surface area contributed by atoms with Crippen LogP contribution in [0, 0.1) is 0 Å². The highest BCUT2D eigenvalue weighted by atomic mass is 16.6. The van der Waals surface area contributed by atoms with Crippen LogP contribution in [0.3, 0.4) is 0 Å². The largest absolute Gasteiger partial charge is 0.462 e. The molecule has 0 aromatic heterocycles. The fourth-order valence-electron chi connectivity index (χ4n) is 7.32. The van der Waals surface area contributed by atoms with Crippen LogP contribution in [0.1, 0.15) is 233 Å². The molecule has 0 bridgehead atoms. The molecule has 1 unspecified atom stereocenters. The summed E-state index contributed by atoms with van der Waals surface area (Å²) in [6.07, 6.45) is 88.1. The molecule has 0 aliphatic rings. The van der Waals surface area contributed by atoms with Crippen LogP contribution in [-0.4, -0.2) is 37.2 Å². The van der Waals surface area contributed by atoms with E-state index in [4.69, 9.17) is 14.2 Å². The van der Waals surface area contributed by atoms with E-state index < -0.39 is 6.10 Å². The van der Waals surface area contributed by atoms with Gasteiger partial charge in [0, 0.05) is 19.3 Å². The van der Waals surface area contributed by atoms with Gasteiger partial charge in [-0.1, -0.05) is 237 Å². The van der Waals surface area contributed by atoms with E-state index >= 15 is 0 Å². The lowest BCUT2D eigenvalue weighted by Gasteiger charge is -2.18. The van der Waals surface area contributed by atoms with Gasteiger partial charge in [-0.15, -0.1) is 0 Å². The van der Waals surface area contributed by atoms with E-state index in [0.717, 1.165) is 161 Å². The highest BCUT2D eigenvalue weighted by molar-refractivity contribution is 5.71. The van der Waals surface area contributed by atoms with Crippen molar-refractivity contribution in [1.82, 2.24) is 0 Å². The zero-order chi connectivity index (χ0) is 53.6. The Labute approximate surface area is 454 Å². The molecule has 0 aromatic carbocycles. The Balaban J connectivity index is 4.46. The highest BCUT2D eigenvalue weighted by Crippen LogP contribution is 2.12. The van der Waals surface area contributed by atoms with Gasteiger partial charge in [-0.05, 0) is 135 Å². The second-order valence-electron chi connectivity index (χ2n) is 18.8. The predicted octanol–water partition coefficient (Wildman–Crippen LogP) is 20.1. The van der Waals surface area contributed by atoms with Crippen molar-refractivity contribution >= 4 is 17.9 Å². The molecule has 0 aliphatic heterocycles. The molecule has 1 atom stereocenters. The van der Waals surface area contributed by atoms with E-state index in [9.17, 15) is 14.4 Å². The van der Waals surface area contributed by atoms with Crippen LogP contribution in [0.2, 0.25) is 0 Å². The van der Waals surface area contributed by atoms with Crippen LogP contribution in [0.15, 0.2) is 158 Å². The van der Waals surface area contributed by atoms with Crippen molar-refractivity contribution in [1.29, 1.82) is 0 Å². The number of allylic oxidation sites excluding steroid dienone is 26. The molecule has 0 spiro atoms. The van der Waals surface area contributed by atoms with Crippen molar-refractivity contribution in [2.75, 3.05) is 13.2 Å². The van der Waals surface area contributed by atoms with Gasteiger partial charge in [0.2, 0.25) is 0 Å². The maximum absolute atomic E-state index is 12.8. The first-order valence-corrected chi connectivity index (χ1v) is 29.5. The van der Waals surface area contributed by atoms with Crippen LogP contribution in [0.4, 0.5) is 0 Å². The molecule has 0 heterocycles. The number of hydrogen-bond donors (Lipinski definition) is 0. The Hall–Kier alpha value is -4.97. The summed E-state index contributed by atoms with van der Waals surface area (Å²) in [4.78, 5) is 38.1. The Kier molecular flexibility index (Phi) is 56.5. The van der Waals surface area contributed by atoms with Gasteiger partial charge < -0.3 is 14.2 Å². The van der Waals surface area contributed by atoms with Crippen LogP contribution in [0.25, 0.3) is 0 Å². The molecule has 0 aromatic rings. The number of carbonyl (C=O) groups excluding carboxylic acids is 3. The number of ether oxygens (including phenoxy) is 3. The summed E-state index contributed by atoms with van der Waals surface area (Å²) in [5.41, 5.74) is 0. The predicted molar refractivity (Wildman–Crippen MR) is 320 cm³/mol. The number of esters is 3. The van der Waals surface area contributed by atoms with E-state index in [2.05, 4.69) is 179 Å². The van der Waals surface area contributed by atoms with Gasteiger partial charge in [0.1, 0.15) is 13.2 Å². The van der Waals surface area contributed by atoms with Crippen LogP contribution >= 0.6 is 0 Å². The number of unbranched alkanes of at least 4 members (excludes halogenated alkanes) is 14. The Morgan fingerprint density at radius 1 is 0.284 bits per heavy atom. The molecule has 0 radical (unpaired) electrons. The summed E-state index contributed by atoms with van der Waals surface area (Å²) < 4.78 is 16.8. The molecule has 74 heavy (non-hydrogen) atoms. The number of hydrogen-bond acceptors (Lipinski definition) is 6. The SMILES string of the molecule is CC/C=C\C/C=C\C/C=C\C/C=C\C/C=C\C/C=C\C/C=C\C/C=C\C/C=C\CCCC(=O)OCC(COC(=O)CCCCCCC/C=C\C/C=C\CCC)OC(=O)CCCCCCC/C=C\C/C=C\CCCC. The van der Waals surface area contributed by atoms with E-state index in [0.29, 0.717) is 12.8 Å². The summed E-state index contributed by atoms with van der Waals surface area (Å²) >= 11 is 0. The molecule has 0 amide bonds. The maximum Gasteiger partial charge on any atom is 0.306 e. The standard InChI is InChI=1S/C68H106O6/c1-4-7-10-13-16-19-22-25-27-28-29-30-31-32-33-34-35-36-37-38-39-40-41-44-46-49-52-55-58-61-67(70)73-64-65(63-72-66(69)60-57-54-51-48-45-42-24-21-18-15-12-9-6-3)74-68(71)62-59-56-53-50-47-43-26-23-20-17-14-11-8-5-2/h7,10,12,14-17,19,21,23-27,29-30,32-33,35-36,38-39,41,44,49,52,65H,4-6,8-9,11,13,18,20,22,28,31,34,37,40,42-43,45-48,50-51,53-64H2,1-3H3/b10-7-,15-12-,17-14-,19-16-,24-21-,26-23-,27-25-,30-29-,33-32-,36-35-,39-38-,44-41-,52-49-. The lowest BCUT2D eigenvalue weighted by Crippen LogP contribution is -2.30. The van der Waals surface area contributed by atoms with E-state index in [1.165, 1.54) is 25.7 Å². The summed E-state index contributed by atoms with van der Waals surface area (Å²) in [5, 5.41) is 0.